The fourth-order valence-electron chi connectivity index (χ4n) is 3.69. The van der Waals surface area contributed by atoms with Crippen LogP contribution in [0.4, 0.5) is 5.69 Å². The van der Waals surface area contributed by atoms with Crippen LogP contribution in [-0.2, 0) is 20.9 Å². The molecule has 0 saturated carbocycles. The van der Waals surface area contributed by atoms with Gasteiger partial charge in [-0.15, -0.1) is 0 Å². The van der Waals surface area contributed by atoms with Crippen molar-refractivity contribution in [1.29, 1.82) is 0 Å². The van der Waals surface area contributed by atoms with Crippen LogP contribution in [0.2, 0.25) is 0 Å². The Labute approximate surface area is 165 Å². The maximum atomic E-state index is 12.7. The van der Waals surface area contributed by atoms with Crippen LogP contribution in [0.25, 0.3) is 10.9 Å². The van der Waals surface area contributed by atoms with Crippen LogP contribution in [0.15, 0.2) is 30.5 Å². The fourth-order valence-corrected chi connectivity index (χ4v) is 3.69. The molecular weight excluding hydrogens is 356 g/mol. The Balaban J connectivity index is 1.73. The molecule has 0 radical (unpaired) electrons. The minimum Gasteiger partial charge on any atom is -0.378 e. The zero-order valence-electron chi connectivity index (χ0n) is 16.7. The second-order valence-corrected chi connectivity index (χ2v) is 7.36. The maximum absolute atomic E-state index is 12.7. The van der Waals surface area contributed by atoms with Gasteiger partial charge in [-0.3, -0.25) is 9.59 Å². The Morgan fingerprint density at radius 2 is 1.89 bits per heavy atom. The topological polar surface area (TPSA) is 89.6 Å². The monoisotopic (exact) mass is 386 g/mol. The third kappa shape index (κ3) is 4.05. The third-order valence-electron chi connectivity index (χ3n) is 5.92. The molecule has 0 aliphatic carbocycles. The summed E-state index contributed by atoms with van der Waals surface area (Å²) >= 11 is 0. The van der Waals surface area contributed by atoms with E-state index < -0.39 is 5.41 Å². The first kappa shape index (κ1) is 20.4. The van der Waals surface area contributed by atoms with Gasteiger partial charge in [-0.1, -0.05) is 13.8 Å². The van der Waals surface area contributed by atoms with Gasteiger partial charge >= 0.3 is 0 Å². The van der Waals surface area contributed by atoms with E-state index in [4.69, 9.17) is 10.5 Å². The average Bonchev–Trinajstić information content (AvgIpc) is 3.12. The molecule has 0 bridgehead atoms. The number of anilines is 1. The van der Waals surface area contributed by atoms with Crippen LogP contribution >= 0.6 is 0 Å². The van der Waals surface area contributed by atoms with Crippen LogP contribution in [0, 0.1) is 5.41 Å². The number of benzene rings is 1. The molecule has 7 nitrogen and oxygen atoms in total. The van der Waals surface area contributed by atoms with Crippen LogP contribution in [-0.4, -0.2) is 54.1 Å². The largest absolute Gasteiger partial charge is 0.378 e. The Morgan fingerprint density at radius 1 is 1.18 bits per heavy atom. The van der Waals surface area contributed by atoms with E-state index in [0.717, 1.165) is 16.6 Å². The van der Waals surface area contributed by atoms with E-state index in [0.29, 0.717) is 52.2 Å². The Bertz CT molecular complexity index is 827. The highest BCUT2D eigenvalue weighted by Gasteiger charge is 2.33. The number of amides is 2. The summed E-state index contributed by atoms with van der Waals surface area (Å²) in [7, 11) is 0. The van der Waals surface area contributed by atoms with Gasteiger partial charge < -0.3 is 25.3 Å². The van der Waals surface area contributed by atoms with Crippen molar-refractivity contribution in [2.24, 2.45) is 11.1 Å². The summed E-state index contributed by atoms with van der Waals surface area (Å²) < 4.78 is 7.25. The quantitative estimate of drug-likeness (QED) is 0.763. The summed E-state index contributed by atoms with van der Waals surface area (Å²) in [4.78, 5) is 27.1. The Hall–Kier alpha value is -2.38. The predicted octanol–water partition coefficient (Wildman–Crippen LogP) is 2.20. The first-order valence-corrected chi connectivity index (χ1v) is 9.99. The number of fused-ring (bicyclic) bond motifs is 1. The van der Waals surface area contributed by atoms with E-state index >= 15 is 0 Å². The molecule has 1 aromatic carbocycles. The first-order valence-electron chi connectivity index (χ1n) is 9.99. The number of nitrogens with zero attached hydrogens (tertiary/aromatic N) is 2. The van der Waals surface area contributed by atoms with Crippen molar-refractivity contribution >= 4 is 28.4 Å². The molecule has 1 saturated heterocycles. The van der Waals surface area contributed by atoms with E-state index in [1.807, 2.05) is 53.8 Å². The van der Waals surface area contributed by atoms with Crippen LogP contribution in [0.5, 0.6) is 0 Å². The molecule has 1 fully saturated rings. The van der Waals surface area contributed by atoms with Crippen LogP contribution in [0.1, 0.15) is 26.7 Å². The number of carbonyl (C=O) groups excluding carboxylic acids is 2. The van der Waals surface area contributed by atoms with Gasteiger partial charge in [-0.2, -0.15) is 0 Å². The lowest BCUT2D eigenvalue weighted by Gasteiger charge is -2.28. The van der Waals surface area contributed by atoms with Crippen molar-refractivity contribution in [2.45, 2.75) is 33.2 Å². The van der Waals surface area contributed by atoms with E-state index in [1.54, 1.807) is 0 Å². The highest BCUT2D eigenvalue weighted by atomic mass is 16.5. The van der Waals surface area contributed by atoms with Gasteiger partial charge in [-0.25, -0.2) is 0 Å². The molecular formula is C21H30N4O3. The van der Waals surface area contributed by atoms with Gasteiger partial charge in [0.2, 0.25) is 11.8 Å². The van der Waals surface area contributed by atoms with E-state index in [9.17, 15) is 9.59 Å². The number of carbonyl (C=O) groups is 2. The summed E-state index contributed by atoms with van der Waals surface area (Å²) in [5, 5.41) is 4.00. The minimum atomic E-state index is -0.536. The standard InChI is InChI=1S/C21H30N4O3/c1-3-21(4-2,15-22)20(27)23-17-5-6-18-16(13-17)7-8-25(18)14-19(26)24-9-11-28-12-10-24/h5-8,13H,3-4,9-12,14-15,22H2,1-2H3,(H,23,27). The SMILES string of the molecule is CCC(CC)(CN)C(=O)Nc1ccc2c(ccn2CC(=O)N2CCOCC2)c1. The summed E-state index contributed by atoms with van der Waals surface area (Å²) in [5.41, 5.74) is 7.05. The molecule has 2 heterocycles. The minimum absolute atomic E-state index is 0.0405. The lowest BCUT2D eigenvalue weighted by molar-refractivity contribution is -0.135. The second kappa shape index (κ2) is 8.75. The molecule has 28 heavy (non-hydrogen) atoms. The number of hydrogen-bond acceptors (Lipinski definition) is 4. The zero-order chi connectivity index (χ0) is 20.1. The van der Waals surface area contributed by atoms with E-state index in [-0.39, 0.29) is 11.8 Å². The number of rotatable bonds is 7. The van der Waals surface area contributed by atoms with Crippen molar-refractivity contribution in [3.05, 3.63) is 30.5 Å². The normalized spacial score (nSPS) is 15.0. The van der Waals surface area contributed by atoms with Gasteiger partial charge in [0.25, 0.3) is 0 Å². The molecule has 152 valence electrons. The number of aromatic nitrogens is 1. The molecule has 7 heteroatoms. The lowest BCUT2D eigenvalue weighted by atomic mass is 9.81. The molecule has 1 aromatic heterocycles. The number of nitrogens with one attached hydrogen (secondary N) is 1. The van der Waals surface area contributed by atoms with Gasteiger partial charge in [-0.05, 0) is 37.1 Å². The summed E-state index contributed by atoms with van der Waals surface area (Å²) in [5.74, 6) is 0.0538. The molecule has 1 aliphatic heterocycles. The molecule has 0 spiro atoms. The molecule has 2 amide bonds. The van der Waals surface area contributed by atoms with E-state index in [1.165, 1.54) is 0 Å². The van der Waals surface area contributed by atoms with Gasteiger partial charge in [0.05, 0.1) is 18.6 Å². The van der Waals surface area contributed by atoms with Crippen molar-refractivity contribution in [2.75, 3.05) is 38.2 Å². The van der Waals surface area contributed by atoms with Crippen LogP contribution in [0.3, 0.4) is 0 Å². The molecule has 1 aliphatic rings. The smallest absolute Gasteiger partial charge is 0.242 e. The number of hydrogen-bond donors (Lipinski definition) is 2. The summed E-state index contributed by atoms with van der Waals surface area (Å²) in [6, 6.07) is 7.73. The van der Waals surface area contributed by atoms with E-state index in [2.05, 4.69) is 5.32 Å². The molecule has 3 N–H and O–H groups in total. The van der Waals surface area contributed by atoms with Crippen molar-refractivity contribution < 1.29 is 14.3 Å². The molecule has 2 aromatic rings. The maximum Gasteiger partial charge on any atom is 0.242 e. The van der Waals surface area contributed by atoms with Crippen molar-refractivity contribution in [3.8, 4) is 0 Å². The summed E-state index contributed by atoms with van der Waals surface area (Å²) in [6.45, 7) is 7.10. The average molecular weight is 386 g/mol. The molecule has 3 rings (SSSR count). The molecule has 0 atom stereocenters. The highest BCUT2D eigenvalue weighted by Crippen LogP contribution is 2.28. The van der Waals surface area contributed by atoms with Crippen LogP contribution < -0.4 is 11.1 Å². The Morgan fingerprint density at radius 3 is 2.54 bits per heavy atom. The predicted molar refractivity (Wildman–Crippen MR) is 110 cm³/mol. The molecule has 0 unspecified atom stereocenters. The van der Waals surface area contributed by atoms with Crippen molar-refractivity contribution in [3.63, 3.8) is 0 Å². The first-order chi connectivity index (χ1) is 13.5. The fraction of sp³-hybridized carbons (Fsp3) is 0.524. The van der Waals surface area contributed by atoms with Gasteiger partial charge in [0, 0.05) is 42.4 Å². The number of ether oxygens (including phenoxy) is 1. The summed E-state index contributed by atoms with van der Waals surface area (Å²) in [6.07, 6.45) is 3.32. The second-order valence-electron chi connectivity index (χ2n) is 7.36. The number of nitrogens with two attached hydrogens (primary N) is 1. The zero-order valence-corrected chi connectivity index (χ0v) is 16.7. The van der Waals surface area contributed by atoms with Gasteiger partial charge in [0.15, 0.2) is 0 Å². The van der Waals surface area contributed by atoms with Gasteiger partial charge in [0.1, 0.15) is 6.54 Å². The lowest BCUT2D eigenvalue weighted by Crippen LogP contribution is -2.42. The highest BCUT2D eigenvalue weighted by molar-refractivity contribution is 5.97. The Kier molecular flexibility index (Phi) is 6.36. The third-order valence-corrected chi connectivity index (χ3v) is 5.92. The number of morpholine rings is 1. The van der Waals surface area contributed by atoms with Crippen molar-refractivity contribution in [1.82, 2.24) is 9.47 Å².